The second-order valence-electron chi connectivity index (χ2n) is 2.65. The number of aliphatic hydroxyl groups excluding tert-OH is 1. The fourth-order valence-electron chi connectivity index (χ4n) is 0.480. The molecule has 0 rings (SSSR count). The van der Waals surface area contributed by atoms with E-state index in [1.807, 2.05) is 6.92 Å². The van der Waals surface area contributed by atoms with Gasteiger partial charge in [0.1, 0.15) is 5.38 Å². The van der Waals surface area contributed by atoms with E-state index in [0.717, 1.165) is 0 Å². The molecule has 4 heteroatoms. The van der Waals surface area contributed by atoms with E-state index in [2.05, 4.69) is 5.32 Å². The molecular formula is C7H14ClNO2. The molecule has 2 unspecified atom stereocenters. The standard InChI is InChI=1S/C7H14ClNO2/c1-5(4-10)3-9-7(11)6(2)8/h5-6,10H,3-4H2,1-2H3,(H,9,11). The third-order valence-corrected chi connectivity index (χ3v) is 1.50. The van der Waals surface area contributed by atoms with Gasteiger partial charge in [-0.05, 0) is 12.8 Å². The molecule has 3 nitrogen and oxygen atoms in total. The van der Waals surface area contributed by atoms with Gasteiger partial charge in [0.2, 0.25) is 5.91 Å². The molecule has 0 saturated heterocycles. The summed E-state index contributed by atoms with van der Waals surface area (Å²) in [5.41, 5.74) is 0. The van der Waals surface area contributed by atoms with E-state index in [-0.39, 0.29) is 18.4 Å². The number of rotatable bonds is 4. The molecule has 0 aliphatic heterocycles. The molecule has 0 saturated carbocycles. The van der Waals surface area contributed by atoms with Crippen LogP contribution >= 0.6 is 11.6 Å². The van der Waals surface area contributed by atoms with Crippen molar-refractivity contribution < 1.29 is 9.90 Å². The van der Waals surface area contributed by atoms with Gasteiger partial charge in [-0.2, -0.15) is 0 Å². The first-order chi connectivity index (χ1) is 5.07. The summed E-state index contributed by atoms with van der Waals surface area (Å²) in [7, 11) is 0. The highest BCUT2D eigenvalue weighted by Crippen LogP contribution is 1.94. The molecule has 0 aromatic carbocycles. The van der Waals surface area contributed by atoms with Crippen LogP contribution in [0.5, 0.6) is 0 Å². The van der Waals surface area contributed by atoms with E-state index in [4.69, 9.17) is 16.7 Å². The van der Waals surface area contributed by atoms with Crippen molar-refractivity contribution in [3.05, 3.63) is 0 Å². The molecule has 0 aromatic heterocycles. The lowest BCUT2D eigenvalue weighted by Gasteiger charge is -2.09. The number of amides is 1. The average molecular weight is 180 g/mol. The molecule has 0 radical (unpaired) electrons. The van der Waals surface area contributed by atoms with Gasteiger partial charge in [-0.25, -0.2) is 0 Å². The van der Waals surface area contributed by atoms with Crippen molar-refractivity contribution in [2.24, 2.45) is 5.92 Å². The van der Waals surface area contributed by atoms with Gasteiger partial charge in [0.05, 0.1) is 0 Å². The summed E-state index contributed by atoms with van der Waals surface area (Å²) in [6.07, 6.45) is 0. The Morgan fingerprint density at radius 2 is 2.18 bits per heavy atom. The maximum absolute atomic E-state index is 10.8. The maximum Gasteiger partial charge on any atom is 0.237 e. The summed E-state index contributed by atoms with van der Waals surface area (Å²) in [6, 6.07) is 0. The molecule has 0 spiro atoms. The Labute approximate surface area is 71.7 Å². The van der Waals surface area contributed by atoms with Crippen LogP contribution in [0.15, 0.2) is 0 Å². The third-order valence-electron chi connectivity index (χ3n) is 1.30. The third kappa shape index (κ3) is 5.04. The van der Waals surface area contributed by atoms with Crippen molar-refractivity contribution in [2.75, 3.05) is 13.2 Å². The van der Waals surface area contributed by atoms with E-state index in [0.29, 0.717) is 6.54 Å². The van der Waals surface area contributed by atoms with Crippen molar-refractivity contribution in [1.29, 1.82) is 0 Å². The predicted octanol–water partition coefficient (Wildman–Crippen LogP) is 0.358. The SMILES string of the molecule is CC(CO)CNC(=O)C(C)Cl. The monoisotopic (exact) mass is 179 g/mol. The zero-order valence-corrected chi connectivity index (χ0v) is 7.56. The number of carbonyl (C=O) groups excluding carboxylic acids is 1. The summed E-state index contributed by atoms with van der Waals surface area (Å²) < 4.78 is 0. The van der Waals surface area contributed by atoms with Crippen LogP contribution in [0.25, 0.3) is 0 Å². The van der Waals surface area contributed by atoms with Crippen LogP contribution in [0.1, 0.15) is 13.8 Å². The largest absolute Gasteiger partial charge is 0.396 e. The molecule has 0 heterocycles. The van der Waals surface area contributed by atoms with Gasteiger partial charge in [-0.3, -0.25) is 4.79 Å². The van der Waals surface area contributed by atoms with Crippen molar-refractivity contribution in [3.63, 3.8) is 0 Å². The Hall–Kier alpha value is -0.280. The van der Waals surface area contributed by atoms with Crippen molar-refractivity contribution >= 4 is 17.5 Å². The molecule has 2 N–H and O–H groups in total. The maximum atomic E-state index is 10.8. The Kier molecular flexibility index (Phi) is 5.24. The zero-order chi connectivity index (χ0) is 8.85. The number of carbonyl (C=O) groups is 1. The number of alkyl halides is 1. The summed E-state index contributed by atoms with van der Waals surface area (Å²) in [4.78, 5) is 10.8. The molecule has 66 valence electrons. The minimum absolute atomic E-state index is 0.0803. The zero-order valence-electron chi connectivity index (χ0n) is 6.80. The van der Waals surface area contributed by atoms with Crippen molar-refractivity contribution in [2.45, 2.75) is 19.2 Å². The second-order valence-corrected chi connectivity index (χ2v) is 3.30. The van der Waals surface area contributed by atoms with Gasteiger partial charge >= 0.3 is 0 Å². The van der Waals surface area contributed by atoms with Gasteiger partial charge in [-0.15, -0.1) is 11.6 Å². The fraction of sp³-hybridized carbons (Fsp3) is 0.857. The summed E-state index contributed by atoms with van der Waals surface area (Å²) in [5, 5.41) is 10.7. The van der Waals surface area contributed by atoms with E-state index < -0.39 is 5.38 Å². The minimum atomic E-state index is -0.499. The Morgan fingerprint density at radius 3 is 2.55 bits per heavy atom. The highest BCUT2D eigenvalue weighted by molar-refractivity contribution is 6.30. The number of halogens is 1. The van der Waals surface area contributed by atoms with Crippen LogP contribution < -0.4 is 5.32 Å². The predicted molar refractivity (Wildman–Crippen MR) is 44.6 cm³/mol. The topological polar surface area (TPSA) is 49.3 Å². The van der Waals surface area contributed by atoms with E-state index in [9.17, 15) is 4.79 Å². The molecule has 0 bridgehead atoms. The first-order valence-corrected chi connectivity index (χ1v) is 4.04. The van der Waals surface area contributed by atoms with Crippen molar-refractivity contribution in [3.8, 4) is 0 Å². The normalized spacial score (nSPS) is 15.6. The van der Waals surface area contributed by atoms with Gasteiger partial charge in [-0.1, -0.05) is 6.92 Å². The Balaban J connectivity index is 3.46. The molecular weight excluding hydrogens is 166 g/mol. The van der Waals surface area contributed by atoms with Crippen LogP contribution in [0, 0.1) is 5.92 Å². The Bertz CT molecular complexity index is 128. The molecule has 0 aromatic rings. The summed E-state index contributed by atoms with van der Waals surface area (Å²) >= 11 is 5.48. The first kappa shape index (κ1) is 10.7. The van der Waals surface area contributed by atoms with Gasteiger partial charge in [0.25, 0.3) is 0 Å². The van der Waals surface area contributed by atoms with Crippen LogP contribution in [0.2, 0.25) is 0 Å². The average Bonchev–Trinajstić information content (AvgIpc) is 1.99. The molecule has 0 fully saturated rings. The lowest BCUT2D eigenvalue weighted by atomic mass is 10.2. The van der Waals surface area contributed by atoms with Crippen LogP contribution in [-0.4, -0.2) is 29.5 Å². The summed E-state index contributed by atoms with van der Waals surface area (Å²) in [6.45, 7) is 4.02. The molecule has 1 amide bonds. The van der Waals surface area contributed by atoms with Gasteiger partial charge in [0.15, 0.2) is 0 Å². The number of hydrogen-bond donors (Lipinski definition) is 2. The molecule has 11 heavy (non-hydrogen) atoms. The highest BCUT2D eigenvalue weighted by atomic mass is 35.5. The van der Waals surface area contributed by atoms with Crippen molar-refractivity contribution in [1.82, 2.24) is 5.32 Å². The van der Waals surface area contributed by atoms with Crippen LogP contribution in [0.4, 0.5) is 0 Å². The van der Waals surface area contributed by atoms with E-state index >= 15 is 0 Å². The highest BCUT2D eigenvalue weighted by Gasteiger charge is 2.09. The number of aliphatic hydroxyl groups is 1. The smallest absolute Gasteiger partial charge is 0.237 e. The number of hydrogen-bond acceptors (Lipinski definition) is 2. The molecule has 0 aliphatic carbocycles. The first-order valence-electron chi connectivity index (χ1n) is 3.60. The quantitative estimate of drug-likeness (QED) is 0.613. The minimum Gasteiger partial charge on any atom is -0.396 e. The van der Waals surface area contributed by atoms with Gasteiger partial charge < -0.3 is 10.4 Å². The van der Waals surface area contributed by atoms with Gasteiger partial charge in [0, 0.05) is 13.2 Å². The second kappa shape index (κ2) is 5.38. The van der Waals surface area contributed by atoms with E-state index in [1.165, 1.54) is 0 Å². The lowest BCUT2D eigenvalue weighted by Crippen LogP contribution is -2.33. The Morgan fingerprint density at radius 1 is 1.64 bits per heavy atom. The lowest BCUT2D eigenvalue weighted by molar-refractivity contribution is -0.120. The molecule has 2 atom stereocenters. The fourth-order valence-corrected chi connectivity index (χ4v) is 0.557. The summed E-state index contributed by atoms with van der Waals surface area (Å²) in [5.74, 6) is -0.0960. The van der Waals surface area contributed by atoms with E-state index in [1.54, 1.807) is 6.92 Å². The molecule has 0 aliphatic rings. The van der Waals surface area contributed by atoms with Crippen LogP contribution in [-0.2, 0) is 4.79 Å². The number of nitrogens with one attached hydrogen (secondary N) is 1. The van der Waals surface area contributed by atoms with Crippen LogP contribution in [0.3, 0.4) is 0 Å².